The van der Waals surface area contributed by atoms with E-state index < -0.39 is 6.10 Å². The molecule has 0 unspecified atom stereocenters. The molecule has 3 heterocycles. The molecule has 4 rings (SSSR count). The van der Waals surface area contributed by atoms with Gasteiger partial charge in [-0.3, -0.25) is 0 Å². The van der Waals surface area contributed by atoms with Crippen LogP contribution in [0.1, 0.15) is 36.4 Å². The molecule has 43 heavy (non-hydrogen) atoms. The molecule has 0 saturated carbocycles. The molecule has 0 fully saturated rings. The Bertz CT molecular complexity index is 1500. The molecule has 12 nitrogen and oxygen atoms in total. The van der Waals surface area contributed by atoms with Crippen molar-refractivity contribution >= 4 is 28.8 Å². The molecule has 4 N–H and O–H groups in total. The molecular weight excluding hydrogens is 572 g/mol. The predicted molar refractivity (Wildman–Crippen MR) is 167 cm³/mol. The Balaban J connectivity index is 1.78. The van der Waals surface area contributed by atoms with Crippen molar-refractivity contribution in [2.24, 2.45) is 0 Å². The average Bonchev–Trinajstić information content (AvgIpc) is 3.41. The molecule has 0 radical (unpaired) electrons. The summed E-state index contributed by atoms with van der Waals surface area (Å²) in [5.74, 6) is 1.63. The van der Waals surface area contributed by atoms with E-state index in [4.69, 9.17) is 41.2 Å². The molecule has 1 aliphatic rings. The van der Waals surface area contributed by atoms with Crippen LogP contribution in [0.3, 0.4) is 0 Å². The minimum atomic E-state index is -0.667. The van der Waals surface area contributed by atoms with Crippen molar-refractivity contribution < 1.29 is 19.3 Å². The van der Waals surface area contributed by atoms with E-state index in [1.165, 1.54) is 0 Å². The van der Waals surface area contributed by atoms with Gasteiger partial charge in [0.1, 0.15) is 30.9 Å². The van der Waals surface area contributed by atoms with Gasteiger partial charge in [0, 0.05) is 55.8 Å². The third-order valence-corrected chi connectivity index (χ3v) is 7.39. The first-order chi connectivity index (χ1) is 20.7. The third kappa shape index (κ3) is 7.57. The molecule has 1 aliphatic heterocycles. The molecule has 1 aromatic carbocycles. The lowest BCUT2D eigenvalue weighted by Gasteiger charge is -2.23. The Hall–Kier alpha value is -3.84. The summed E-state index contributed by atoms with van der Waals surface area (Å²) in [6.07, 6.45) is 1.12. The van der Waals surface area contributed by atoms with E-state index in [-0.39, 0.29) is 6.61 Å². The Morgan fingerprint density at radius 3 is 2.63 bits per heavy atom. The van der Waals surface area contributed by atoms with Gasteiger partial charge in [-0.25, -0.2) is 15.0 Å². The van der Waals surface area contributed by atoms with Crippen LogP contribution in [-0.2, 0) is 17.8 Å². The number of likely N-dealkylation sites (N-methyl/N-ethyl adjacent to an activating group) is 1. The zero-order chi connectivity index (χ0) is 31.1. The number of hydrogen-bond donors (Lipinski definition) is 4. The van der Waals surface area contributed by atoms with Crippen molar-refractivity contribution in [3.63, 3.8) is 0 Å². The third-order valence-electron chi connectivity index (χ3n) is 7.06. The Morgan fingerprint density at radius 1 is 1.14 bits per heavy atom. The van der Waals surface area contributed by atoms with E-state index in [0.717, 1.165) is 28.1 Å². The molecule has 0 saturated heterocycles. The molecule has 0 amide bonds. The number of hydrogen-bond acceptors (Lipinski definition) is 12. The number of aliphatic hydroxyl groups is 1. The first kappa shape index (κ1) is 32.1. The van der Waals surface area contributed by atoms with Gasteiger partial charge in [0.2, 0.25) is 0 Å². The maximum atomic E-state index is 10.1. The summed E-state index contributed by atoms with van der Waals surface area (Å²) in [7, 11) is 5.19. The highest BCUT2D eigenvalue weighted by Gasteiger charge is 2.28. The number of fused-ring (bicyclic) bond motifs is 1. The van der Waals surface area contributed by atoms with E-state index in [0.29, 0.717) is 78.2 Å². The quantitative estimate of drug-likeness (QED) is 0.157. The fourth-order valence-electron chi connectivity index (χ4n) is 4.67. The smallest absolute Gasteiger partial charge is 0.316 e. The largest absolute Gasteiger partial charge is 0.491 e. The van der Waals surface area contributed by atoms with Gasteiger partial charge in [-0.1, -0.05) is 11.6 Å². The SMILES string of the molecule is CNC[C@@H](O)COc1ccc(Cl)c(-c2nc(/C(NC)=C(\C)C(C)=N)c(C)c(N3Cc4cnc(OCCOC)nc4C3)n2)c1. The number of nitrogens with zero attached hydrogens (tertiary/aromatic N) is 5. The van der Waals surface area contributed by atoms with Gasteiger partial charge in [-0.15, -0.1) is 0 Å². The topological polar surface area (TPSA) is 151 Å². The van der Waals surface area contributed by atoms with Crippen LogP contribution >= 0.6 is 11.6 Å². The van der Waals surface area contributed by atoms with Crippen LogP contribution in [-0.4, -0.2) is 84.4 Å². The molecule has 230 valence electrons. The van der Waals surface area contributed by atoms with E-state index >= 15 is 0 Å². The lowest BCUT2D eigenvalue weighted by Crippen LogP contribution is -2.29. The van der Waals surface area contributed by atoms with Crippen molar-refractivity contribution in [1.82, 2.24) is 30.6 Å². The minimum absolute atomic E-state index is 0.113. The summed E-state index contributed by atoms with van der Waals surface area (Å²) in [5, 5.41) is 25.0. The highest BCUT2D eigenvalue weighted by atomic mass is 35.5. The maximum absolute atomic E-state index is 10.1. The first-order valence-corrected chi connectivity index (χ1v) is 14.3. The number of aliphatic hydroxyl groups excluding tert-OH is 1. The van der Waals surface area contributed by atoms with Crippen LogP contribution in [0, 0.1) is 12.3 Å². The van der Waals surface area contributed by atoms with Crippen molar-refractivity contribution in [2.45, 2.75) is 40.0 Å². The number of ether oxygens (including phenoxy) is 3. The monoisotopic (exact) mass is 610 g/mol. The molecule has 0 aliphatic carbocycles. The average molecular weight is 611 g/mol. The molecule has 3 aromatic rings. The van der Waals surface area contributed by atoms with Crippen molar-refractivity contribution in [2.75, 3.05) is 52.5 Å². The van der Waals surface area contributed by atoms with E-state index in [1.54, 1.807) is 45.5 Å². The van der Waals surface area contributed by atoms with E-state index in [2.05, 4.69) is 25.5 Å². The summed E-state index contributed by atoms with van der Waals surface area (Å²) < 4.78 is 16.5. The van der Waals surface area contributed by atoms with Gasteiger partial charge in [-0.05, 0) is 51.6 Å². The minimum Gasteiger partial charge on any atom is -0.491 e. The molecule has 0 bridgehead atoms. The lowest BCUT2D eigenvalue weighted by molar-refractivity contribution is 0.108. The number of anilines is 1. The van der Waals surface area contributed by atoms with Gasteiger partial charge in [-0.2, -0.15) is 4.98 Å². The summed E-state index contributed by atoms with van der Waals surface area (Å²) in [6, 6.07) is 5.56. The summed E-state index contributed by atoms with van der Waals surface area (Å²) in [5.41, 5.74) is 5.81. The van der Waals surface area contributed by atoms with Crippen LogP contribution in [0.25, 0.3) is 17.1 Å². The van der Waals surface area contributed by atoms with Crippen molar-refractivity contribution in [1.29, 1.82) is 5.41 Å². The molecular formula is C30H39ClN8O4. The molecule has 0 spiro atoms. The van der Waals surface area contributed by atoms with Crippen molar-refractivity contribution in [3.8, 4) is 23.1 Å². The second-order valence-electron chi connectivity index (χ2n) is 10.2. The second kappa shape index (κ2) is 14.6. The van der Waals surface area contributed by atoms with E-state index in [1.807, 2.05) is 20.9 Å². The molecule has 1 atom stereocenters. The normalized spacial score (nSPS) is 13.8. The number of benzene rings is 1. The second-order valence-corrected chi connectivity index (χ2v) is 10.6. The van der Waals surface area contributed by atoms with Crippen LogP contribution in [0.4, 0.5) is 5.82 Å². The summed E-state index contributed by atoms with van der Waals surface area (Å²) in [6.45, 7) is 7.97. The number of rotatable bonds is 14. The molecule has 2 aromatic heterocycles. The first-order valence-electron chi connectivity index (χ1n) is 14.0. The highest BCUT2D eigenvalue weighted by molar-refractivity contribution is 6.33. The van der Waals surface area contributed by atoms with Crippen LogP contribution in [0.2, 0.25) is 5.02 Å². The Kier molecular flexibility index (Phi) is 10.9. The van der Waals surface area contributed by atoms with E-state index in [9.17, 15) is 5.11 Å². The summed E-state index contributed by atoms with van der Waals surface area (Å²) in [4.78, 5) is 21.1. The van der Waals surface area contributed by atoms with Gasteiger partial charge in [0.15, 0.2) is 5.82 Å². The molecule has 13 heteroatoms. The number of allylic oxidation sites excluding steroid dienone is 1. The highest BCUT2D eigenvalue weighted by Crippen LogP contribution is 2.36. The Morgan fingerprint density at radius 2 is 1.93 bits per heavy atom. The fourth-order valence-corrected chi connectivity index (χ4v) is 4.87. The van der Waals surface area contributed by atoms with Gasteiger partial charge in [0.25, 0.3) is 0 Å². The Labute approximate surface area is 257 Å². The van der Waals surface area contributed by atoms with Crippen LogP contribution in [0.15, 0.2) is 30.0 Å². The zero-order valence-corrected chi connectivity index (χ0v) is 26.2. The van der Waals surface area contributed by atoms with Gasteiger partial charge >= 0.3 is 6.01 Å². The number of halogens is 1. The fraction of sp³-hybridized carbons (Fsp3) is 0.433. The standard InChI is InChI=1S/C30H39ClN8O4/c1-17(19(3)32)26(34-5)27-18(2)29(39-14-20-12-35-30(36-25(20)15-39)42-10-9-41-6)38-28(37-27)23-11-22(7-8-24(23)31)43-16-21(40)13-33-4/h7-8,11-12,21,32-34,40H,9-10,13-16H2,1-6H3/b26-17-,32-19?/t21-/m1/s1. The maximum Gasteiger partial charge on any atom is 0.316 e. The summed E-state index contributed by atoms with van der Waals surface area (Å²) >= 11 is 6.70. The van der Waals surface area contributed by atoms with Gasteiger partial charge in [0.05, 0.1) is 35.3 Å². The number of methoxy groups -OCH3 is 1. The number of aromatic nitrogens is 4. The zero-order valence-electron chi connectivity index (χ0n) is 25.4. The van der Waals surface area contributed by atoms with Crippen LogP contribution in [0.5, 0.6) is 11.8 Å². The van der Waals surface area contributed by atoms with Crippen molar-refractivity contribution in [3.05, 3.63) is 57.5 Å². The number of nitrogens with one attached hydrogen (secondary N) is 3. The predicted octanol–water partition coefficient (Wildman–Crippen LogP) is 3.39. The lowest BCUT2D eigenvalue weighted by atomic mass is 10.0. The van der Waals surface area contributed by atoms with Gasteiger partial charge < -0.3 is 40.3 Å². The van der Waals surface area contributed by atoms with Crippen LogP contribution < -0.4 is 25.0 Å².